The number of methoxy groups -OCH3 is 1. The summed E-state index contributed by atoms with van der Waals surface area (Å²) in [6, 6.07) is 10.5. The number of thiophene rings is 1. The summed E-state index contributed by atoms with van der Waals surface area (Å²) in [6.07, 6.45) is 0.142. The van der Waals surface area contributed by atoms with Gasteiger partial charge in [0, 0.05) is 31.1 Å². The van der Waals surface area contributed by atoms with Gasteiger partial charge in [0.2, 0.25) is 0 Å². The molecule has 3 heterocycles. The van der Waals surface area contributed by atoms with Crippen LogP contribution in [0.3, 0.4) is 0 Å². The minimum absolute atomic E-state index is 0.142. The van der Waals surface area contributed by atoms with Crippen molar-refractivity contribution in [1.82, 2.24) is 9.97 Å². The Labute approximate surface area is 164 Å². The number of rotatable bonds is 4. The molecule has 0 aliphatic carbocycles. The lowest BCUT2D eigenvalue weighted by Gasteiger charge is -2.42. The van der Waals surface area contributed by atoms with Crippen LogP contribution >= 0.6 is 11.3 Å². The fourth-order valence-corrected chi connectivity index (χ4v) is 4.79. The molecule has 1 saturated heterocycles. The second-order valence-corrected chi connectivity index (χ2v) is 8.52. The summed E-state index contributed by atoms with van der Waals surface area (Å²) in [5, 5.41) is 3.31. The second kappa shape index (κ2) is 7.19. The van der Waals surface area contributed by atoms with Gasteiger partial charge < -0.3 is 14.4 Å². The number of aromatic nitrogens is 2. The summed E-state index contributed by atoms with van der Waals surface area (Å²) in [6.45, 7) is 8.40. The summed E-state index contributed by atoms with van der Waals surface area (Å²) in [5.41, 5.74) is 2.15. The van der Waals surface area contributed by atoms with Crippen molar-refractivity contribution in [3.05, 3.63) is 41.5 Å². The first-order valence-corrected chi connectivity index (χ1v) is 10.1. The third-order valence-corrected chi connectivity index (χ3v) is 5.56. The summed E-state index contributed by atoms with van der Waals surface area (Å²) >= 11 is 1.66. The van der Waals surface area contributed by atoms with Gasteiger partial charge in [0.1, 0.15) is 17.3 Å². The van der Waals surface area contributed by atoms with Crippen molar-refractivity contribution < 1.29 is 9.47 Å². The zero-order valence-electron chi connectivity index (χ0n) is 16.2. The first-order chi connectivity index (χ1) is 13.0. The van der Waals surface area contributed by atoms with Gasteiger partial charge in [0.05, 0.1) is 17.1 Å². The molecule has 142 valence electrons. The van der Waals surface area contributed by atoms with Gasteiger partial charge in [-0.05, 0) is 26.3 Å². The van der Waals surface area contributed by atoms with E-state index in [0.717, 1.165) is 34.9 Å². The van der Waals surface area contributed by atoms with E-state index in [1.807, 2.05) is 6.07 Å². The average molecular weight is 384 g/mol. The fraction of sp³-hybridized carbons (Fsp3) is 0.429. The molecule has 0 N–H and O–H groups in total. The van der Waals surface area contributed by atoms with Gasteiger partial charge in [-0.25, -0.2) is 9.97 Å². The summed E-state index contributed by atoms with van der Waals surface area (Å²) < 4.78 is 11.4. The Balaban J connectivity index is 1.89. The Morgan fingerprint density at radius 2 is 2.04 bits per heavy atom. The molecule has 0 radical (unpaired) electrons. The molecule has 6 heteroatoms. The Morgan fingerprint density at radius 1 is 1.26 bits per heavy atom. The number of morpholine rings is 1. The van der Waals surface area contributed by atoms with Crippen LogP contribution in [0, 0.1) is 0 Å². The van der Waals surface area contributed by atoms with Crippen LogP contribution in [0.5, 0.6) is 0 Å². The van der Waals surface area contributed by atoms with Crippen LogP contribution in [-0.4, -0.2) is 41.9 Å². The van der Waals surface area contributed by atoms with Gasteiger partial charge in [-0.1, -0.05) is 30.3 Å². The molecule has 1 aliphatic rings. The molecule has 2 aromatic heterocycles. The van der Waals surface area contributed by atoms with Crippen LogP contribution in [0.4, 0.5) is 5.82 Å². The van der Waals surface area contributed by atoms with Gasteiger partial charge in [-0.2, -0.15) is 0 Å². The minimum Gasteiger partial charge on any atom is -0.377 e. The number of nitrogens with zero attached hydrogens (tertiary/aromatic N) is 3. The van der Waals surface area contributed by atoms with Gasteiger partial charge in [-0.15, -0.1) is 11.3 Å². The SMILES string of the molecule is COCc1nc(N2CC(C)OC(C)(C)C2)c2c(-c3ccccc3)csc2n1. The highest BCUT2D eigenvalue weighted by Gasteiger charge is 2.33. The second-order valence-electron chi connectivity index (χ2n) is 7.66. The van der Waals surface area contributed by atoms with Crippen LogP contribution in [0.25, 0.3) is 21.3 Å². The maximum absolute atomic E-state index is 6.10. The summed E-state index contributed by atoms with van der Waals surface area (Å²) in [5.74, 6) is 1.70. The van der Waals surface area contributed by atoms with Gasteiger partial charge in [0.15, 0.2) is 5.82 Å². The normalized spacial score (nSPS) is 19.6. The molecule has 1 atom stereocenters. The predicted molar refractivity (Wildman–Crippen MR) is 110 cm³/mol. The molecule has 3 aromatic rings. The Bertz CT molecular complexity index is 939. The number of fused-ring (bicyclic) bond motifs is 1. The van der Waals surface area contributed by atoms with Crippen molar-refractivity contribution in [3.8, 4) is 11.1 Å². The van der Waals surface area contributed by atoms with Crippen molar-refractivity contribution in [2.24, 2.45) is 0 Å². The van der Waals surface area contributed by atoms with Crippen LogP contribution in [0.2, 0.25) is 0 Å². The molecule has 5 nitrogen and oxygen atoms in total. The molecule has 27 heavy (non-hydrogen) atoms. The summed E-state index contributed by atoms with van der Waals surface area (Å²) in [4.78, 5) is 13.0. The molecule has 0 bridgehead atoms. The van der Waals surface area contributed by atoms with Crippen LogP contribution in [0.15, 0.2) is 35.7 Å². The van der Waals surface area contributed by atoms with Crippen molar-refractivity contribution in [1.29, 1.82) is 0 Å². The van der Waals surface area contributed by atoms with E-state index in [4.69, 9.17) is 19.4 Å². The van der Waals surface area contributed by atoms with E-state index in [1.165, 1.54) is 11.1 Å². The highest BCUT2D eigenvalue weighted by Crippen LogP contribution is 2.39. The van der Waals surface area contributed by atoms with Gasteiger partial charge in [0.25, 0.3) is 0 Å². The molecule has 1 aromatic carbocycles. The highest BCUT2D eigenvalue weighted by molar-refractivity contribution is 7.17. The Morgan fingerprint density at radius 3 is 2.74 bits per heavy atom. The molecule has 1 unspecified atom stereocenters. The van der Waals surface area contributed by atoms with E-state index >= 15 is 0 Å². The molecular weight excluding hydrogens is 358 g/mol. The smallest absolute Gasteiger partial charge is 0.158 e. The van der Waals surface area contributed by atoms with E-state index in [2.05, 4.69) is 55.3 Å². The minimum atomic E-state index is -0.223. The van der Waals surface area contributed by atoms with Crippen molar-refractivity contribution in [3.63, 3.8) is 0 Å². The monoisotopic (exact) mass is 383 g/mol. The van der Waals surface area contributed by atoms with Crippen LogP contribution in [-0.2, 0) is 16.1 Å². The standard InChI is InChI=1S/C21H25N3O2S/c1-14-10-24(13-21(2,3)26-14)19-18-16(15-8-6-5-7-9-15)12-27-20(18)23-17(22-19)11-25-4/h5-9,12,14H,10-11,13H2,1-4H3. The molecule has 0 spiro atoms. The molecule has 0 saturated carbocycles. The number of hydrogen-bond acceptors (Lipinski definition) is 6. The van der Waals surface area contributed by atoms with Crippen LogP contribution < -0.4 is 4.90 Å². The van der Waals surface area contributed by atoms with Crippen LogP contribution in [0.1, 0.15) is 26.6 Å². The fourth-order valence-electron chi connectivity index (χ4n) is 3.83. The molecule has 1 fully saturated rings. The lowest BCUT2D eigenvalue weighted by Crippen LogP contribution is -2.52. The van der Waals surface area contributed by atoms with Gasteiger partial charge >= 0.3 is 0 Å². The van der Waals surface area contributed by atoms with E-state index in [1.54, 1.807) is 18.4 Å². The highest BCUT2D eigenvalue weighted by atomic mass is 32.1. The quantitative estimate of drug-likeness (QED) is 0.663. The number of hydrogen-bond donors (Lipinski definition) is 0. The van der Waals surface area contributed by atoms with E-state index < -0.39 is 0 Å². The number of ether oxygens (including phenoxy) is 2. The molecule has 1 aliphatic heterocycles. The van der Waals surface area contributed by atoms with Crippen molar-refractivity contribution >= 4 is 27.4 Å². The summed E-state index contributed by atoms with van der Waals surface area (Å²) in [7, 11) is 1.68. The molecule has 0 amide bonds. The first kappa shape index (κ1) is 18.3. The van der Waals surface area contributed by atoms with E-state index in [9.17, 15) is 0 Å². The average Bonchev–Trinajstić information content (AvgIpc) is 3.04. The number of benzene rings is 1. The Kier molecular flexibility index (Phi) is 4.88. The molecule has 4 rings (SSSR count). The van der Waals surface area contributed by atoms with Crippen molar-refractivity contribution in [2.75, 3.05) is 25.1 Å². The molecular formula is C21H25N3O2S. The third-order valence-electron chi connectivity index (χ3n) is 4.69. The van der Waals surface area contributed by atoms with E-state index in [0.29, 0.717) is 6.61 Å². The largest absolute Gasteiger partial charge is 0.377 e. The maximum Gasteiger partial charge on any atom is 0.158 e. The Hall–Kier alpha value is -2.02. The first-order valence-electron chi connectivity index (χ1n) is 9.22. The lowest BCUT2D eigenvalue weighted by atomic mass is 10.0. The third kappa shape index (κ3) is 3.70. The number of anilines is 1. The van der Waals surface area contributed by atoms with Crippen molar-refractivity contribution in [2.45, 2.75) is 39.1 Å². The topological polar surface area (TPSA) is 47.5 Å². The van der Waals surface area contributed by atoms with E-state index in [-0.39, 0.29) is 11.7 Å². The zero-order valence-corrected chi connectivity index (χ0v) is 17.0. The van der Waals surface area contributed by atoms with Gasteiger partial charge in [-0.3, -0.25) is 0 Å². The lowest BCUT2D eigenvalue weighted by molar-refractivity contribution is -0.0751. The predicted octanol–water partition coefficient (Wildman–Crippen LogP) is 4.51. The zero-order chi connectivity index (χ0) is 19.0. The maximum atomic E-state index is 6.10.